The van der Waals surface area contributed by atoms with Crippen LogP contribution in [-0.4, -0.2) is 22.6 Å². The molecule has 0 bridgehead atoms. The van der Waals surface area contributed by atoms with E-state index in [9.17, 15) is 4.21 Å². The van der Waals surface area contributed by atoms with E-state index in [4.69, 9.17) is 4.18 Å². The molecule has 1 atom stereocenters. The van der Waals surface area contributed by atoms with Gasteiger partial charge in [-0.15, -0.1) is 0 Å². The molecule has 0 aliphatic carbocycles. The first-order chi connectivity index (χ1) is 5.70. The Morgan fingerprint density at radius 3 is 2.33 bits per heavy atom. The molecule has 0 saturated heterocycles. The second-order valence-electron chi connectivity index (χ2n) is 2.43. The summed E-state index contributed by atoms with van der Waals surface area (Å²) in [6.45, 7) is 0. The average molecular weight is 185 g/mol. The monoisotopic (exact) mass is 185 g/mol. The summed E-state index contributed by atoms with van der Waals surface area (Å²) >= 11 is -1.39. The van der Waals surface area contributed by atoms with E-state index >= 15 is 0 Å². The maximum Gasteiger partial charge on any atom is 0.290 e. The Kier molecular flexibility index (Phi) is 3.25. The number of para-hydroxylation sites is 1. The highest BCUT2D eigenvalue weighted by Gasteiger charge is 2.03. The maximum absolute atomic E-state index is 11.1. The Morgan fingerprint density at radius 1 is 1.25 bits per heavy atom. The minimum Gasteiger partial charge on any atom is -0.389 e. The summed E-state index contributed by atoms with van der Waals surface area (Å²) in [6, 6.07) is 9.08. The number of hydrogen-bond donors (Lipinski definition) is 0. The van der Waals surface area contributed by atoms with E-state index in [0.717, 1.165) is 0 Å². The van der Waals surface area contributed by atoms with Crippen molar-refractivity contribution in [3.05, 3.63) is 30.3 Å². The lowest BCUT2D eigenvalue weighted by Gasteiger charge is -2.08. The molecular weight excluding hydrogens is 174 g/mol. The maximum atomic E-state index is 11.1. The quantitative estimate of drug-likeness (QED) is 0.708. The molecule has 0 aliphatic heterocycles. The Hall–Kier alpha value is -0.870. The zero-order valence-electron chi connectivity index (χ0n) is 7.06. The number of hydrogen-bond acceptors (Lipinski definition) is 2. The van der Waals surface area contributed by atoms with Gasteiger partial charge in [0, 0.05) is 14.1 Å². The number of nitrogens with zero attached hydrogens (tertiary/aromatic N) is 1. The van der Waals surface area contributed by atoms with E-state index < -0.39 is 11.3 Å². The molecule has 0 aromatic heterocycles. The molecule has 12 heavy (non-hydrogen) atoms. The summed E-state index contributed by atoms with van der Waals surface area (Å²) in [6.07, 6.45) is 0. The third kappa shape index (κ3) is 2.64. The summed E-state index contributed by atoms with van der Waals surface area (Å²) in [5.74, 6) is 0.615. The van der Waals surface area contributed by atoms with Crippen molar-refractivity contribution in [2.75, 3.05) is 14.1 Å². The molecule has 0 radical (unpaired) electrons. The lowest BCUT2D eigenvalue weighted by molar-refractivity contribution is 0.493. The van der Waals surface area contributed by atoms with Crippen LogP contribution in [0.5, 0.6) is 5.75 Å². The molecule has 1 aromatic rings. The van der Waals surface area contributed by atoms with Crippen LogP contribution >= 0.6 is 0 Å². The van der Waals surface area contributed by atoms with Crippen LogP contribution in [0.15, 0.2) is 30.3 Å². The molecule has 4 heteroatoms. The largest absolute Gasteiger partial charge is 0.389 e. The highest BCUT2D eigenvalue weighted by molar-refractivity contribution is 7.78. The Morgan fingerprint density at radius 2 is 1.83 bits per heavy atom. The van der Waals surface area contributed by atoms with Gasteiger partial charge in [0.1, 0.15) is 5.75 Å². The summed E-state index contributed by atoms with van der Waals surface area (Å²) in [4.78, 5) is 0. The predicted molar refractivity (Wildman–Crippen MR) is 48.9 cm³/mol. The van der Waals surface area contributed by atoms with Crippen molar-refractivity contribution in [2.24, 2.45) is 0 Å². The van der Waals surface area contributed by atoms with Gasteiger partial charge in [-0.1, -0.05) is 18.2 Å². The van der Waals surface area contributed by atoms with Gasteiger partial charge in [-0.2, -0.15) is 8.51 Å². The minimum absolute atomic E-state index is 0.615. The number of benzene rings is 1. The molecule has 0 amide bonds. The second-order valence-corrected chi connectivity index (χ2v) is 3.76. The van der Waals surface area contributed by atoms with Crippen molar-refractivity contribution in [3.8, 4) is 5.75 Å². The van der Waals surface area contributed by atoms with E-state index in [2.05, 4.69) is 0 Å². The number of rotatable bonds is 3. The first-order valence-electron chi connectivity index (χ1n) is 3.53. The summed E-state index contributed by atoms with van der Waals surface area (Å²) in [5, 5.41) is 0. The van der Waals surface area contributed by atoms with Crippen LogP contribution in [0, 0.1) is 0 Å². The first-order valence-corrected chi connectivity index (χ1v) is 4.56. The lowest BCUT2D eigenvalue weighted by Crippen LogP contribution is -2.19. The molecule has 0 fully saturated rings. The van der Waals surface area contributed by atoms with Gasteiger partial charge in [0.25, 0.3) is 11.3 Å². The van der Waals surface area contributed by atoms with Crippen molar-refractivity contribution < 1.29 is 8.39 Å². The summed E-state index contributed by atoms with van der Waals surface area (Å²) < 4.78 is 17.7. The minimum atomic E-state index is -1.39. The van der Waals surface area contributed by atoms with Gasteiger partial charge in [-0.05, 0) is 12.1 Å². The summed E-state index contributed by atoms with van der Waals surface area (Å²) in [7, 11) is 3.39. The van der Waals surface area contributed by atoms with Crippen molar-refractivity contribution >= 4 is 11.3 Å². The van der Waals surface area contributed by atoms with E-state index in [1.54, 1.807) is 26.2 Å². The van der Waals surface area contributed by atoms with Gasteiger partial charge in [0.15, 0.2) is 0 Å². The second kappa shape index (κ2) is 4.23. The normalized spacial score (nSPS) is 12.9. The molecule has 66 valence electrons. The molecule has 1 aromatic carbocycles. The molecule has 0 aliphatic rings. The van der Waals surface area contributed by atoms with Crippen LogP contribution in [-0.2, 0) is 11.3 Å². The Bertz CT molecular complexity index is 261. The highest BCUT2D eigenvalue weighted by Crippen LogP contribution is 2.10. The SMILES string of the molecule is CN(C)S(=O)Oc1ccccc1. The third-order valence-corrected chi connectivity index (χ3v) is 2.14. The first kappa shape index (κ1) is 9.22. The molecule has 3 nitrogen and oxygen atoms in total. The zero-order chi connectivity index (χ0) is 8.97. The fourth-order valence-corrected chi connectivity index (χ4v) is 1.06. The van der Waals surface area contributed by atoms with E-state index in [0.29, 0.717) is 5.75 Å². The molecule has 0 saturated carbocycles. The van der Waals surface area contributed by atoms with Crippen molar-refractivity contribution in [1.29, 1.82) is 0 Å². The topological polar surface area (TPSA) is 29.5 Å². The Balaban J connectivity index is 2.59. The standard InChI is InChI=1S/C8H11NO2S/c1-9(2)12(10)11-8-6-4-3-5-7-8/h3-7H,1-2H3. The van der Waals surface area contributed by atoms with Gasteiger partial charge in [-0.3, -0.25) is 0 Å². The lowest BCUT2D eigenvalue weighted by atomic mass is 10.3. The smallest absolute Gasteiger partial charge is 0.290 e. The van der Waals surface area contributed by atoms with Gasteiger partial charge in [0.2, 0.25) is 0 Å². The molecule has 0 heterocycles. The fraction of sp³-hybridized carbons (Fsp3) is 0.250. The van der Waals surface area contributed by atoms with E-state index in [-0.39, 0.29) is 0 Å². The van der Waals surface area contributed by atoms with Gasteiger partial charge < -0.3 is 4.18 Å². The predicted octanol–water partition coefficient (Wildman–Crippen LogP) is 1.21. The highest BCUT2D eigenvalue weighted by atomic mass is 32.2. The zero-order valence-corrected chi connectivity index (χ0v) is 7.88. The van der Waals surface area contributed by atoms with Crippen LogP contribution in [0.2, 0.25) is 0 Å². The molecule has 0 spiro atoms. The van der Waals surface area contributed by atoms with Crippen molar-refractivity contribution in [2.45, 2.75) is 0 Å². The molecule has 0 N–H and O–H groups in total. The summed E-state index contributed by atoms with van der Waals surface area (Å²) in [5.41, 5.74) is 0. The third-order valence-electron chi connectivity index (χ3n) is 1.21. The van der Waals surface area contributed by atoms with E-state index in [1.807, 2.05) is 18.2 Å². The molecule has 1 rings (SSSR count). The van der Waals surface area contributed by atoms with Crippen LogP contribution < -0.4 is 4.18 Å². The fourth-order valence-electron chi connectivity index (χ4n) is 0.633. The van der Waals surface area contributed by atoms with Crippen molar-refractivity contribution in [3.63, 3.8) is 0 Å². The van der Waals surface area contributed by atoms with Crippen LogP contribution in [0.3, 0.4) is 0 Å². The Labute approximate surface area is 74.8 Å². The molecule has 1 unspecified atom stereocenters. The van der Waals surface area contributed by atoms with E-state index in [1.165, 1.54) is 4.31 Å². The average Bonchev–Trinajstić information content (AvgIpc) is 2.06. The van der Waals surface area contributed by atoms with Crippen molar-refractivity contribution in [1.82, 2.24) is 4.31 Å². The van der Waals surface area contributed by atoms with Crippen LogP contribution in [0.4, 0.5) is 0 Å². The van der Waals surface area contributed by atoms with Gasteiger partial charge in [0.05, 0.1) is 0 Å². The van der Waals surface area contributed by atoms with Crippen LogP contribution in [0.1, 0.15) is 0 Å². The van der Waals surface area contributed by atoms with Gasteiger partial charge in [-0.25, -0.2) is 0 Å². The molecular formula is C8H11NO2S. The van der Waals surface area contributed by atoms with Gasteiger partial charge >= 0.3 is 0 Å². The van der Waals surface area contributed by atoms with Crippen LogP contribution in [0.25, 0.3) is 0 Å².